The molecular formula is C22H23F2N3O4. The van der Waals surface area contributed by atoms with Gasteiger partial charge in [-0.2, -0.15) is 0 Å². The third kappa shape index (κ3) is 5.78. The molecule has 0 aromatic heterocycles. The zero-order valence-electron chi connectivity index (χ0n) is 17.0. The number of rotatable bonds is 5. The maximum atomic E-state index is 13.3. The van der Waals surface area contributed by atoms with Crippen molar-refractivity contribution in [3.05, 3.63) is 59.2 Å². The summed E-state index contributed by atoms with van der Waals surface area (Å²) >= 11 is 0. The topological polar surface area (TPSA) is 98.7 Å². The summed E-state index contributed by atoms with van der Waals surface area (Å²) in [6, 6.07) is 6.49. The lowest BCUT2D eigenvalue weighted by Gasteiger charge is -2.32. The highest BCUT2D eigenvalue weighted by molar-refractivity contribution is 6.05. The molecule has 0 bridgehead atoms. The second-order valence-electron chi connectivity index (χ2n) is 7.52. The minimum absolute atomic E-state index is 0.0851. The summed E-state index contributed by atoms with van der Waals surface area (Å²) in [5.74, 6) is -2.94. The molecule has 1 aliphatic rings. The predicted octanol–water partition coefficient (Wildman–Crippen LogP) is 2.91. The summed E-state index contributed by atoms with van der Waals surface area (Å²) in [4.78, 5) is 37.6. The molecule has 3 amide bonds. The van der Waals surface area contributed by atoms with Crippen LogP contribution in [0.5, 0.6) is 5.75 Å². The number of likely N-dealkylation sites (tertiary alicyclic amines) is 1. The standard InChI is InChI=1S/C22H23F2N3O4/c1-13(28)25-12-14-4-6-27(7-5-14)22(31)19-3-2-18(11-20(19)29)26-21(30)15-8-16(23)10-17(24)9-15/h2-3,8-11,14,29H,4-7,12H2,1H3,(H,25,28)(H,26,30). The van der Waals surface area contributed by atoms with Gasteiger partial charge in [-0.3, -0.25) is 14.4 Å². The fourth-order valence-corrected chi connectivity index (χ4v) is 3.48. The molecule has 0 atom stereocenters. The van der Waals surface area contributed by atoms with Gasteiger partial charge in [-0.1, -0.05) is 0 Å². The first-order chi connectivity index (χ1) is 14.7. The number of halogens is 2. The maximum Gasteiger partial charge on any atom is 0.257 e. The van der Waals surface area contributed by atoms with E-state index in [1.165, 1.54) is 25.1 Å². The SMILES string of the molecule is CC(=O)NCC1CCN(C(=O)c2ccc(NC(=O)c3cc(F)cc(F)c3)cc2O)CC1. The molecule has 2 aromatic carbocycles. The third-order valence-electron chi connectivity index (χ3n) is 5.15. The third-order valence-corrected chi connectivity index (χ3v) is 5.15. The van der Waals surface area contributed by atoms with Crippen molar-refractivity contribution in [3.63, 3.8) is 0 Å². The van der Waals surface area contributed by atoms with Crippen LogP contribution in [-0.4, -0.2) is 47.4 Å². The Hall–Kier alpha value is -3.49. The molecule has 0 aliphatic carbocycles. The van der Waals surface area contributed by atoms with E-state index in [0.717, 1.165) is 25.0 Å². The number of nitrogens with one attached hydrogen (secondary N) is 2. The lowest BCUT2D eigenvalue weighted by molar-refractivity contribution is -0.119. The lowest BCUT2D eigenvalue weighted by Crippen LogP contribution is -2.41. The van der Waals surface area contributed by atoms with Crippen LogP contribution in [0.1, 0.15) is 40.5 Å². The smallest absolute Gasteiger partial charge is 0.257 e. The molecule has 3 rings (SSSR count). The number of anilines is 1. The molecule has 164 valence electrons. The van der Waals surface area contributed by atoms with Crippen molar-refractivity contribution in [1.29, 1.82) is 0 Å². The van der Waals surface area contributed by atoms with E-state index in [0.29, 0.717) is 31.6 Å². The average molecular weight is 431 g/mol. The fourth-order valence-electron chi connectivity index (χ4n) is 3.48. The summed E-state index contributed by atoms with van der Waals surface area (Å²) in [6.45, 7) is 3.05. The van der Waals surface area contributed by atoms with Crippen molar-refractivity contribution in [2.45, 2.75) is 19.8 Å². The van der Waals surface area contributed by atoms with Crippen LogP contribution in [0, 0.1) is 17.6 Å². The van der Waals surface area contributed by atoms with Crippen molar-refractivity contribution in [3.8, 4) is 5.75 Å². The number of aromatic hydroxyl groups is 1. The van der Waals surface area contributed by atoms with E-state index in [1.807, 2.05) is 0 Å². The van der Waals surface area contributed by atoms with E-state index in [9.17, 15) is 28.3 Å². The minimum Gasteiger partial charge on any atom is -0.507 e. The molecular weight excluding hydrogens is 408 g/mol. The number of nitrogens with zero attached hydrogens (tertiary/aromatic N) is 1. The van der Waals surface area contributed by atoms with E-state index in [2.05, 4.69) is 10.6 Å². The van der Waals surface area contributed by atoms with Gasteiger partial charge in [0.1, 0.15) is 17.4 Å². The average Bonchev–Trinajstić information content (AvgIpc) is 2.71. The quantitative estimate of drug-likeness (QED) is 0.678. The van der Waals surface area contributed by atoms with Crippen molar-refractivity contribution in [2.24, 2.45) is 5.92 Å². The Morgan fingerprint density at radius 3 is 2.29 bits per heavy atom. The molecule has 1 aliphatic heterocycles. The summed E-state index contributed by atoms with van der Waals surface area (Å²) in [5.41, 5.74) is 0.0621. The van der Waals surface area contributed by atoms with Crippen molar-refractivity contribution in [2.75, 3.05) is 25.0 Å². The zero-order valence-corrected chi connectivity index (χ0v) is 17.0. The number of amides is 3. The van der Waals surface area contributed by atoms with E-state index >= 15 is 0 Å². The number of piperidine rings is 1. The van der Waals surface area contributed by atoms with Gasteiger partial charge in [0, 0.05) is 49.9 Å². The Morgan fingerprint density at radius 1 is 1.06 bits per heavy atom. The normalized spacial score (nSPS) is 14.2. The molecule has 2 aromatic rings. The van der Waals surface area contributed by atoms with Gasteiger partial charge in [0.25, 0.3) is 11.8 Å². The molecule has 3 N–H and O–H groups in total. The van der Waals surface area contributed by atoms with Crippen LogP contribution in [0.4, 0.5) is 14.5 Å². The first-order valence-electron chi connectivity index (χ1n) is 9.87. The van der Waals surface area contributed by atoms with Gasteiger partial charge in [-0.15, -0.1) is 0 Å². The molecule has 7 nitrogen and oxygen atoms in total. The summed E-state index contributed by atoms with van der Waals surface area (Å²) in [5, 5.41) is 15.5. The summed E-state index contributed by atoms with van der Waals surface area (Å²) < 4.78 is 26.6. The molecule has 1 fully saturated rings. The largest absolute Gasteiger partial charge is 0.507 e. The lowest BCUT2D eigenvalue weighted by atomic mass is 9.96. The molecule has 0 saturated carbocycles. The molecule has 0 radical (unpaired) electrons. The summed E-state index contributed by atoms with van der Waals surface area (Å²) in [6.07, 6.45) is 1.48. The Kier molecular flexibility index (Phi) is 6.84. The van der Waals surface area contributed by atoms with Gasteiger partial charge < -0.3 is 20.6 Å². The number of benzene rings is 2. The molecule has 1 heterocycles. The van der Waals surface area contributed by atoms with Crippen LogP contribution >= 0.6 is 0 Å². The van der Waals surface area contributed by atoms with Crippen molar-refractivity contribution >= 4 is 23.4 Å². The highest BCUT2D eigenvalue weighted by Gasteiger charge is 2.25. The highest BCUT2D eigenvalue weighted by Crippen LogP contribution is 2.26. The van der Waals surface area contributed by atoms with Gasteiger partial charge in [0.2, 0.25) is 5.91 Å². The second-order valence-corrected chi connectivity index (χ2v) is 7.52. The van der Waals surface area contributed by atoms with Crippen molar-refractivity contribution in [1.82, 2.24) is 10.2 Å². The van der Waals surface area contributed by atoms with Gasteiger partial charge >= 0.3 is 0 Å². The van der Waals surface area contributed by atoms with Gasteiger partial charge in [-0.25, -0.2) is 8.78 Å². The molecule has 0 unspecified atom stereocenters. The zero-order chi connectivity index (χ0) is 22.5. The maximum absolute atomic E-state index is 13.3. The number of phenols is 1. The van der Waals surface area contributed by atoms with Crippen LogP contribution in [0.3, 0.4) is 0 Å². The monoisotopic (exact) mass is 431 g/mol. The van der Waals surface area contributed by atoms with Crippen molar-refractivity contribution < 1.29 is 28.3 Å². The van der Waals surface area contributed by atoms with Crippen LogP contribution in [-0.2, 0) is 4.79 Å². The van der Waals surface area contributed by atoms with Gasteiger partial charge in [0.05, 0.1) is 5.56 Å². The van der Waals surface area contributed by atoms with Gasteiger partial charge in [0.15, 0.2) is 0 Å². The summed E-state index contributed by atoms with van der Waals surface area (Å²) in [7, 11) is 0. The first-order valence-corrected chi connectivity index (χ1v) is 9.87. The second kappa shape index (κ2) is 9.55. The van der Waals surface area contributed by atoms with Gasteiger partial charge in [-0.05, 0) is 43.0 Å². The molecule has 31 heavy (non-hydrogen) atoms. The van der Waals surface area contributed by atoms with Crippen LogP contribution in [0.2, 0.25) is 0 Å². The van der Waals surface area contributed by atoms with E-state index in [4.69, 9.17) is 0 Å². The highest BCUT2D eigenvalue weighted by atomic mass is 19.1. The Balaban J connectivity index is 1.62. The predicted molar refractivity (Wildman–Crippen MR) is 110 cm³/mol. The fraction of sp³-hybridized carbons (Fsp3) is 0.318. The number of hydrogen-bond acceptors (Lipinski definition) is 4. The number of hydrogen-bond donors (Lipinski definition) is 3. The minimum atomic E-state index is -0.880. The molecule has 0 spiro atoms. The number of carbonyl (C=O) groups excluding carboxylic acids is 3. The number of phenolic OH excluding ortho intramolecular Hbond substituents is 1. The Morgan fingerprint density at radius 2 is 1.71 bits per heavy atom. The van der Waals surface area contributed by atoms with Crippen LogP contribution in [0.25, 0.3) is 0 Å². The number of carbonyl (C=O) groups is 3. The Labute approximate surface area is 178 Å². The van der Waals surface area contributed by atoms with E-state index in [-0.39, 0.29) is 34.4 Å². The van der Waals surface area contributed by atoms with E-state index < -0.39 is 17.5 Å². The molecule has 1 saturated heterocycles. The van der Waals surface area contributed by atoms with Crippen LogP contribution < -0.4 is 10.6 Å². The van der Waals surface area contributed by atoms with Crippen LogP contribution in [0.15, 0.2) is 36.4 Å². The molecule has 9 heteroatoms. The Bertz CT molecular complexity index is 984. The first kappa shape index (κ1) is 22.2. The van der Waals surface area contributed by atoms with E-state index in [1.54, 1.807) is 4.90 Å².